The summed E-state index contributed by atoms with van der Waals surface area (Å²) in [7, 11) is 0. The highest BCUT2D eigenvalue weighted by molar-refractivity contribution is 7.99. The van der Waals surface area contributed by atoms with Gasteiger partial charge < -0.3 is 14.8 Å². The third-order valence-electron chi connectivity index (χ3n) is 4.89. The number of hydrogen-bond acceptors (Lipinski definition) is 6. The number of nitrogens with zero attached hydrogens (tertiary/aromatic N) is 3. The predicted molar refractivity (Wildman–Crippen MR) is 114 cm³/mol. The van der Waals surface area contributed by atoms with Crippen LogP contribution in [-0.4, -0.2) is 27.3 Å². The molecule has 2 aromatic carbocycles. The Hall–Kier alpha value is -3.84. The van der Waals surface area contributed by atoms with Gasteiger partial charge in [-0.2, -0.15) is 5.26 Å². The topological polar surface area (TPSA) is 88.7 Å². The molecule has 10 heteroatoms. The molecule has 0 aliphatic carbocycles. The normalized spacial score (nSPS) is 13.9. The van der Waals surface area contributed by atoms with Gasteiger partial charge in [-0.1, -0.05) is 23.9 Å². The number of aromatic nitrogens is 2. The van der Waals surface area contributed by atoms with E-state index in [9.17, 15) is 18.8 Å². The maximum absolute atomic E-state index is 13.2. The van der Waals surface area contributed by atoms with Crippen molar-refractivity contribution in [2.45, 2.75) is 18.2 Å². The molecule has 1 aliphatic heterocycles. The van der Waals surface area contributed by atoms with E-state index >= 15 is 0 Å². The summed E-state index contributed by atoms with van der Waals surface area (Å²) in [5.74, 6) is -0.517. The smallest absolute Gasteiger partial charge is 0.395 e. The van der Waals surface area contributed by atoms with E-state index in [1.165, 1.54) is 30.0 Å². The van der Waals surface area contributed by atoms with Gasteiger partial charge in [0, 0.05) is 11.8 Å². The number of benzene rings is 2. The summed E-state index contributed by atoms with van der Waals surface area (Å²) in [6.07, 6.45) is -3.72. The molecule has 0 spiro atoms. The van der Waals surface area contributed by atoms with Gasteiger partial charge in [-0.25, -0.2) is 4.98 Å². The van der Waals surface area contributed by atoms with Crippen LogP contribution in [0.1, 0.15) is 11.1 Å². The predicted octanol–water partition coefficient (Wildman–Crippen LogP) is 4.72. The summed E-state index contributed by atoms with van der Waals surface area (Å²) in [5.41, 5.74) is 3.66. The Morgan fingerprint density at radius 2 is 2.00 bits per heavy atom. The highest BCUT2D eigenvalue weighted by atomic mass is 32.2. The molecule has 0 atom stereocenters. The molecule has 2 aromatic heterocycles. The molecule has 4 aromatic rings. The van der Waals surface area contributed by atoms with Crippen LogP contribution in [0, 0.1) is 18.3 Å². The largest absolute Gasteiger partial charge is 0.586 e. The Morgan fingerprint density at radius 1 is 1.22 bits per heavy atom. The van der Waals surface area contributed by atoms with E-state index in [0.717, 1.165) is 21.6 Å². The van der Waals surface area contributed by atoms with Gasteiger partial charge in [0.2, 0.25) is 5.91 Å². The van der Waals surface area contributed by atoms with Crippen molar-refractivity contribution in [2.24, 2.45) is 0 Å². The fourth-order valence-corrected chi connectivity index (χ4v) is 4.45. The van der Waals surface area contributed by atoms with E-state index in [-0.39, 0.29) is 23.2 Å². The van der Waals surface area contributed by atoms with Crippen molar-refractivity contribution in [3.8, 4) is 17.6 Å². The van der Waals surface area contributed by atoms with Crippen LogP contribution in [0.2, 0.25) is 0 Å². The minimum atomic E-state index is -3.72. The minimum absolute atomic E-state index is 0.0531. The zero-order valence-electron chi connectivity index (χ0n) is 16.6. The van der Waals surface area contributed by atoms with Gasteiger partial charge in [-0.05, 0) is 42.8 Å². The molecule has 1 N–H and O–H groups in total. The van der Waals surface area contributed by atoms with Gasteiger partial charge in [0.1, 0.15) is 6.07 Å². The summed E-state index contributed by atoms with van der Waals surface area (Å²) in [4.78, 5) is 17.1. The summed E-state index contributed by atoms with van der Waals surface area (Å²) in [6.45, 7) is 1.82. The Bertz CT molecular complexity index is 1440. The van der Waals surface area contributed by atoms with Gasteiger partial charge in [0.15, 0.2) is 17.1 Å². The number of rotatable bonds is 4. The molecule has 7 nitrogen and oxygen atoms in total. The van der Waals surface area contributed by atoms with E-state index in [1.807, 2.05) is 41.7 Å². The maximum atomic E-state index is 13.2. The Kier molecular flexibility index (Phi) is 4.64. The highest BCUT2D eigenvalue weighted by Crippen LogP contribution is 2.42. The standard InChI is InChI=1S/C22H14F2N4O3S/c1-12-8-20(28-16-5-3-2-4-15(16)27-21(28)14(12)10-25)32-11-19(29)26-13-6-7-17-18(9-13)31-22(23,24)30-17/h2-9H,11H2,1H3,(H,26,29). The first kappa shape index (κ1) is 20.1. The van der Waals surface area contributed by atoms with Crippen molar-refractivity contribution in [3.63, 3.8) is 0 Å². The number of carbonyl (C=O) groups is 1. The lowest BCUT2D eigenvalue weighted by molar-refractivity contribution is -0.286. The zero-order valence-corrected chi connectivity index (χ0v) is 17.4. The SMILES string of the molecule is Cc1cc(SCC(=O)Nc2ccc3c(c2)OC(F)(F)O3)n2c(nc3ccccc32)c1C#N. The number of fused-ring (bicyclic) bond motifs is 4. The van der Waals surface area contributed by atoms with Crippen molar-refractivity contribution < 1.29 is 23.0 Å². The number of para-hydroxylation sites is 2. The summed E-state index contributed by atoms with van der Waals surface area (Å²) >= 11 is 1.28. The van der Waals surface area contributed by atoms with Crippen LogP contribution in [0.15, 0.2) is 53.6 Å². The second-order valence-corrected chi connectivity index (χ2v) is 8.07. The number of pyridine rings is 1. The number of anilines is 1. The average molecular weight is 452 g/mol. The van der Waals surface area contributed by atoms with E-state index in [2.05, 4.69) is 25.8 Å². The maximum Gasteiger partial charge on any atom is 0.586 e. The average Bonchev–Trinajstić information content (AvgIpc) is 3.27. The number of aryl methyl sites for hydroxylation is 1. The van der Waals surface area contributed by atoms with E-state index < -0.39 is 6.29 Å². The number of carbonyl (C=O) groups excluding carboxylic acids is 1. The molecule has 0 saturated heterocycles. The third-order valence-corrected chi connectivity index (χ3v) is 5.89. The zero-order chi connectivity index (χ0) is 22.5. The van der Waals surface area contributed by atoms with E-state index in [0.29, 0.717) is 16.9 Å². The molecule has 1 aliphatic rings. The fourth-order valence-electron chi connectivity index (χ4n) is 3.52. The van der Waals surface area contributed by atoms with Gasteiger partial charge in [-0.3, -0.25) is 9.20 Å². The van der Waals surface area contributed by atoms with E-state index in [4.69, 9.17) is 0 Å². The number of halogens is 2. The lowest BCUT2D eigenvalue weighted by atomic mass is 10.2. The number of nitrogens with one attached hydrogen (secondary N) is 1. The Balaban J connectivity index is 1.39. The van der Waals surface area contributed by atoms with Crippen molar-refractivity contribution in [1.29, 1.82) is 5.26 Å². The monoisotopic (exact) mass is 452 g/mol. The lowest BCUT2D eigenvalue weighted by Gasteiger charge is -2.10. The van der Waals surface area contributed by atoms with Crippen LogP contribution in [0.5, 0.6) is 11.5 Å². The van der Waals surface area contributed by atoms with Gasteiger partial charge >= 0.3 is 6.29 Å². The summed E-state index contributed by atoms with van der Waals surface area (Å²) in [5, 5.41) is 13.0. The first-order chi connectivity index (χ1) is 15.3. The van der Waals surface area contributed by atoms with Crippen molar-refractivity contribution in [3.05, 3.63) is 59.7 Å². The number of nitriles is 1. The van der Waals surface area contributed by atoms with Crippen LogP contribution < -0.4 is 14.8 Å². The van der Waals surface area contributed by atoms with Gasteiger partial charge in [0.25, 0.3) is 0 Å². The Labute approximate surface area is 184 Å². The van der Waals surface area contributed by atoms with Crippen LogP contribution in [-0.2, 0) is 4.79 Å². The molecule has 1 amide bonds. The van der Waals surface area contributed by atoms with Crippen LogP contribution in [0.3, 0.4) is 0 Å². The molecule has 0 radical (unpaired) electrons. The van der Waals surface area contributed by atoms with Crippen molar-refractivity contribution in [2.75, 3.05) is 11.1 Å². The molecule has 160 valence electrons. The van der Waals surface area contributed by atoms with Crippen LogP contribution >= 0.6 is 11.8 Å². The third kappa shape index (κ3) is 3.46. The summed E-state index contributed by atoms with van der Waals surface area (Å²) in [6, 6.07) is 15.6. The molecule has 5 rings (SSSR count). The number of hydrogen-bond donors (Lipinski definition) is 1. The molecule has 3 heterocycles. The van der Waals surface area contributed by atoms with Crippen LogP contribution in [0.4, 0.5) is 14.5 Å². The molecule has 0 saturated carbocycles. The second kappa shape index (κ2) is 7.39. The molecule has 0 fully saturated rings. The number of alkyl halides is 2. The van der Waals surface area contributed by atoms with Crippen molar-refractivity contribution in [1.82, 2.24) is 9.38 Å². The molecule has 0 unspecified atom stereocenters. The second-order valence-electron chi connectivity index (χ2n) is 7.08. The van der Waals surface area contributed by atoms with Crippen LogP contribution in [0.25, 0.3) is 16.7 Å². The molecule has 0 bridgehead atoms. The Morgan fingerprint density at radius 3 is 2.81 bits per heavy atom. The van der Waals surface area contributed by atoms with Gasteiger partial charge in [0.05, 0.1) is 27.4 Å². The quantitative estimate of drug-likeness (QED) is 0.451. The number of imidazole rings is 1. The van der Waals surface area contributed by atoms with E-state index in [1.54, 1.807) is 0 Å². The molecule has 32 heavy (non-hydrogen) atoms. The molecular weight excluding hydrogens is 438 g/mol. The highest BCUT2D eigenvalue weighted by Gasteiger charge is 2.43. The summed E-state index contributed by atoms with van der Waals surface area (Å²) < 4.78 is 37.0. The first-order valence-corrected chi connectivity index (χ1v) is 10.5. The number of thioether (sulfide) groups is 1. The number of amides is 1. The first-order valence-electron chi connectivity index (χ1n) is 9.48. The molecular formula is C22H14F2N4O3S. The minimum Gasteiger partial charge on any atom is -0.395 e. The fraction of sp³-hybridized carbons (Fsp3) is 0.136. The lowest BCUT2D eigenvalue weighted by Crippen LogP contribution is -2.25. The van der Waals surface area contributed by atoms with Crippen molar-refractivity contribution >= 4 is 40.0 Å². The van der Waals surface area contributed by atoms with Gasteiger partial charge in [-0.15, -0.1) is 8.78 Å². The number of ether oxygens (including phenoxy) is 2.